The van der Waals surface area contributed by atoms with Crippen LogP contribution >= 0.6 is 11.6 Å². The van der Waals surface area contributed by atoms with Gasteiger partial charge >= 0.3 is 0 Å². The summed E-state index contributed by atoms with van der Waals surface area (Å²) in [5, 5.41) is 0.348. The third-order valence-electron chi connectivity index (χ3n) is 2.61. The summed E-state index contributed by atoms with van der Waals surface area (Å²) in [7, 11) is 0. The van der Waals surface area contributed by atoms with Crippen LogP contribution in [0.25, 0.3) is 0 Å². The van der Waals surface area contributed by atoms with Crippen LogP contribution in [0.2, 0.25) is 5.15 Å². The van der Waals surface area contributed by atoms with Crippen molar-refractivity contribution < 1.29 is 4.74 Å². The van der Waals surface area contributed by atoms with E-state index in [9.17, 15) is 0 Å². The van der Waals surface area contributed by atoms with Crippen molar-refractivity contribution >= 4 is 11.6 Å². The van der Waals surface area contributed by atoms with Gasteiger partial charge in [0.1, 0.15) is 0 Å². The van der Waals surface area contributed by atoms with Crippen LogP contribution in [-0.2, 0) is 0 Å². The topological polar surface area (TPSA) is 35.0 Å². The zero-order chi connectivity index (χ0) is 9.80. The Balaban J connectivity index is 1.76. The van der Waals surface area contributed by atoms with Gasteiger partial charge < -0.3 is 4.74 Å². The SMILES string of the molecule is Clc1nccnc1OCCC1CCC1. The standard InChI is InChI=1S/C10H13ClN2O/c11-9-10(13-6-5-12-9)14-7-4-8-2-1-3-8/h5-6,8H,1-4,7H2. The molecule has 0 atom stereocenters. The molecule has 3 nitrogen and oxygen atoms in total. The molecule has 1 saturated carbocycles. The lowest BCUT2D eigenvalue weighted by molar-refractivity contribution is 0.217. The Bertz CT molecular complexity index is 302. The summed E-state index contributed by atoms with van der Waals surface area (Å²) in [6.45, 7) is 0.697. The van der Waals surface area contributed by atoms with Gasteiger partial charge in [-0.3, -0.25) is 0 Å². The third kappa shape index (κ3) is 2.35. The van der Waals surface area contributed by atoms with Crippen molar-refractivity contribution in [2.45, 2.75) is 25.7 Å². The molecule has 0 N–H and O–H groups in total. The molecule has 2 rings (SSSR count). The van der Waals surface area contributed by atoms with Crippen molar-refractivity contribution in [2.75, 3.05) is 6.61 Å². The molecule has 1 fully saturated rings. The number of nitrogens with zero attached hydrogens (tertiary/aromatic N) is 2. The first-order valence-electron chi connectivity index (χ1n) is 4.95. The van der Waals surface area contributed by atoms with Gasteiger partial charge in [-0.1, -0.05) is 30.9 Å². The van der Waals surface area contributed by atoms with E-state index in [0.717, 1.165) is 12.3 Å². The predicted molar refractivity (Wildman–Crippen MR) is 54.5 cm³/mol. The first-order chi connectivity index (χ1) is 6.86. The van der Waals surface area contributed by atoms with E-state index in [2.05, 4.69) is 9.97 Å². The predicted octanol–water partition coefficient (Wildman–Crippen LogP) is 2.70. The van der Waals surface area contributed by atoms with Crippen LogP contribution in [0, 0.1) is 5.92 Å². The number of ether oxygens (including phenoxy) is 1. The maximum Gasteiger partial charge on any atom is 0.252 e. The average Bonchev–Trinajstić information content (AvgIpc) is 2.12. The monoisotopic (exact) mass is 212 g/mol. The molecule has 0 bridgehead atoms. The Morgan fingerprint density at radius 2 is 2.14 bits per heavy atom. The molecule has 14 heavy (non-hydrogen) atoms. The van der Waals surface area contributed by atoms with Crippen molar-refractivity contribution in [1.82, 2.24) is 9.97 Å². The van der Waals surface area contributed by atoms with Crippen LogP contribution in [0.5, 0.6) is 5.88 Å². The van der Waals surface area contributed by atoms with E-state index >= 15 is 0 Å². The lowest BCUT2D eigenvalue weighted by Crippen LogP contribution is -2.14. The highest BCUT2D eigenvalue weighted by molar-refractivity contribution is 6.30. The third-order valence-corrected chi connectivity index (χ3v) is 2.87. The summed E-state index contributed by atoms with van der Waals surface area (Å²) >= 11 is 5.79. The second kappa shape index (κ2) is 4.60. The Hall–Kier alpha value is -0.830. The second-order valence-electron chi connectivity index (χ2n) is 3.59. The molecular formula is C10H13ClN2O. The van der Waals surface area contributed by atoms with Crippen LogP contribution in [-0.4, -0.2) is 16.6 Å². The van der Waals surface area contributed by atoms with Crippen molar-refractivity contribution in [3.8, 4) is 5.88 Å². The largest absolute Gasteiger partial charge is 0.475 e. The summed E-state index contributed by atoms with van der Waals surface area (Å²) < 4.78 is 5.44. The normalized spacial score (nSPS) is 16.4. The molecule has 1 aliphatic carbocycles. The molecule has 0 amide bonds. The van der Waals surface area contributed by atoms with Gasteiger partial charge in [-0.25, -0.2) is 9.97 Å². The van der Waals surface area contributed by atoms with Crippen LogP contribution < -0.4 is 4.74 Å². The highest BCUT2D eigenvalue weighted by Crippen LogP contribution is 2.29. The number of hydrogen-bond acceptors (Lipinski definition) is 3. The molecule has 1 heterocycles. The van der Waals surface area contributed by atoms with Gasteiger partial charge in [0.05, 0.1) is 6.61 Å². The van der Waals surface area contributed by atoms with Gasteiger partial charge in [0.15, 0.2) is 5.15 Å². The number of halogens is 1. The fourth-order valence-electron chi connectivity index (χ4n) is 1.51. The minimum Gasteiger partial charge on any atom is -0.475 e. The molecular weight excluding hydrogens is 200 g/mol. The van der Waals surface area contributed by atoms with E-state index < -0.39 is 0 Å². The zero-order valence-corrected chi connectivity index (χ0v) is 8.70. The van der Waals surface area contributed by atoms with Crippen LogP contribution in [0.1, 0.15) is 25.7 Å². The number of aromatic nitrogens is 2. The van der Waals surface area contributed by atoms with E-state index in [0.29, 0.717) is 17.6 Å². The van der Waals surface area contributed by atoms with E-state index in [1.165, 1.54) is 19.3 Å². The van der Waals surface area contributed by atoms with Gasteiger partial charge in [0.2, 0.25) is 0 Å². The van der Waals surface area contributed by atoms with Gasteiger partial charge in [0, 0.05) is 12.4 Å². The van der Waals surface area contributed by atoms with E-state index in [-0.39, 0.29) is 0 Å². The van der Waals surface area contributed by atoms with Crippen molar-refractivity contribution in [2.24, 2.45) is 5.92 Å². The van der Waals surface area contributed by atoms with E-state index in [1.807, 2.05) is 0 Å². The average molecular weight is 213 g/mol. The van der Waals surface area contributed by atoms with Gasteiger partial charge in [-0.2, -0.15) is 0 Å². The Kier molecular flexibility index (Phi) is 3.19. The number of hydrogen-bond donors (Lipinski definition) is 0. The maximum absolute atomic E-state index is 5.79. The van der Waals surface area contributed by atoms with Crippen LogP contribution in [0.15, 0.2) is 12.4 Å². The van der Waals surface area contributed by atoms with E-state index in [1.54, 1.807) is 12.4 Å². The molecule has 0 saturated heterocycles. The smallest absolute Gasteiger partial charge is 0.252 e. The fourth-order valence-corrected chi connectivity index (χ4v) is 1.67. The van der Waals surface area contributed by atoms with Crippen molar-refractivity contribution in [1.29, 1.82) is 0 Å². The van der Waals surface area contributed by atoms with Gasteiger partial charge in [-0.15, -0.1) is 0 Å². The van der Waals surface area contributed by atoms with Crippen LogP contribution in [0.3, 0.4) is 0 Å². The summed E-state index contributed by atoms with van der Waals surface area (Å²) in [5.41, 5.74) is 0. The first-order valence-corrected chi connectivity index (χ1v) is 5.33. The molecule has 0 aliphatic heterocycles. The first kappa shape index (κ1) is 9.71. The van der Waals surface area contributed by atoms with Gasteiger partial charge in [-0.05, 0) is 12.3 Å². The summed E-state index contributed by atoms with van der Waals surface area (Å²) in [6.07, 6.45) is 8.31. The molecule has 0 spiro atoms. The lowest BCUT2D eigenvalue weighted by Gasteiger charge is -2.24. The molecule has 1 aromatic rings. The summed E-state index contributed by atoms with van der Waals surface area (Å²) in [5.74, 6) is 1.30. The van der Waals surface area contributed by atoms with Crippen molar-refractivity contribution in [3.05, 3.63) is 17.5 Å². The molecule has 76 valence electrons. The van der Waals surface area contributed by atoms with Crippen LogP contribution in [0.4, 0.5) is 0 Å². The van der Waals surface area contributed by atoms with Crippen molar-refractivity contribution in [3.63, 3.8) is 0 Å². The summed E-state index contributed by atoms with van der Waals surface area (Å²) in [6, 6.07) is 0. The molecule has 0 radical (unpaired) electrons. The molecule has 4 heteroatoms. The fraction of sp³-hybridized carbons (Fsp3) is 0.600. The molecule has 0 aromatic carbocycles. The zero-order valence-electron chi connectivity index (χ0n) is 7.95. The Morgan fingerprint density at radius 3 is 2.79 bits per heavy atom. The highest BCUT2D eigenvalue weighted by Gasteiger charge is 2.17. The quantitative estimate of drug-likeness (QED) is 0.770. The lowest BCUT2D eigenvalue weighted by atomic mass is 9.83. The van der Waals surface area contributed by atoms with Gasteiger partial charge in [0.25, 0.3) is 5.88 Å². The Morgan fingerprint density at radius 1 is 1.36 bits per heavy atom. The number of rotatable bonds is 4. The van der Waals surface area contributed by atoms with E-state index in [4.69, 9.17) is 16.3 Å². The Labute approximate surface area is 88.5 Å². The maximum atomic E-state index is 5.79. The highest BCUT2D eigenvalue weighted by atomic mass is 35.5. The molecule has 1 aliphatic rings. The molecule has 0 unspecified atom stereocenters. The summed E-state index contributed by atoms with van der Waals surface area (Å²) in [4.78, 5) is 7.89. The molecule has 1 aromatic heterocycles. The minimum absolute atomic E-state index is 0.348. The minimum atomic E-state index is 0.348. The second-order valence-corrected chi connectivity index (χ2v) is 3.94.